The number of rotatable bonds is 2. The summed E-state index contributed by atoms with van der Waals surface area (Å²) in [5.41, 5.74) is 0.642. The first-order valence-electron chi connectivity index (χ1n) is 7.40. The third-order valence-electron chi connectivity index (χ3n) is 4.35. The van der Waals surface area contributed by atoms with Gasteiger partial charge >= 0.3 is 0 Å². The molecule has 110 valence electrons. The Kier molecular flexibility index (Phi) is 4.07. The minimum Gasteiger partial charge on any atom is -0.487 e. The number of aliphatic hydroxyl groups excluding tert-OH is 1. The number of ether oxygens (including phenoxy) is 2. The van der Waals surface area contributed by atoms with Crippen LogP contribution in [0.2, 0.25) is 0 Å². The molecule has 0 aromatic heterocycles. The van der Waals surface area contributed by atoms with E-state index in [1.807, 2.05) is 18.2 Å². The van der Waals surface area contributed by atoms with E-state index in [0.29, 0.717) is 6.42 Å². The SMILES string of the molecule is CCCC1CC2(CCO1)CC(O)c1ccc(Br)cc1O2. The molecular formula is C16H21BrO3. The van der Waals surface area contributed by atoms with Gasteiger partial charge in [-0.2, -0.15) is 0 Å². The van der Waals surface area contributed by atoms with Gasteiger partial charge in [-0.1, -0.05) is 35.3 Å². The number of halogens is 1. The van der Waals surface area contributed by atoms with E-state index < -0.39 is 6.10 Å². The van der Waals surface area contributed by atoms with Crippen molar-refractivity contribution in [3.8, 4) is 5.75 Å². The quantitative estimate of drug-likeness (QED) is 0.884. The van der Waals surface area contributed by atoms with E-state index in [1.54, 1.807) is 0 Å². The molecule has 2 heterocycles. The van der Waals surface area contributed by atoms with Crippen molar-refractivity contribution in [3.05, 3.63) is 28.2 Å². The molecule has 1 spiro atoms. The van der Waals surface area contributed by atoms with Gasteiger partial charge in [0.25, 0.3) is 0 Å². The van der Waals surface area contributed by atoms with Crippen molar-refractivity contribution < 1.29 is 14.6 Å². The second-order valence-corrected chi connectivity index (χ2v) is 6.84. The summed E-state index contributed by atoms with van der Waals surface area (Å²) in [6, 6.07) is 5.86. The van der Waals surface area contributed by atoms with Gasteiger partial charge in [0.1, 0.15) is 11.4 Å². The van der Waals surface area contributed by atoms with Gasteiger partial charge < -0.3 is 14.6 Å². The molecule has 0 amide bonds. The van der Waals surface area contributed by atoms with Crippen molar-refractivity contribution in [1.29, 1.82) is 0 Å². The molecule has 1 N–H and O–H groups in total. The Morgan fingerprint density at radius 2 is 2.25 bits per heavy atom. The van der Waals surface area contributed by atoms with Gasteiger partial charge in [0.15, 0.2) is 0 Å². The van der Waals surface area contributed by atoms with Crippen LogP contribution < -0.4 is 4.74 Å². The summed E-state index contributed by atoms with van der Waals surface area (Å²) in [6.07, 6.45) is 4.41. The number of fused-ring (bicyclic) bond motifs is 1. The molecule has 1 fully saturated rings. The van der Waals surface area contributed by atoms with Crippen molar-refractivity contribution in [1.82, 2.24) is 0 Å². The summed E-state index contributed by atoms with van der Waals surface area (Å²) >= 11 is 3.47. The Labute approximate surface area is 128 Å². The molecule has 3 nitrogen and oxygen atoms in total. The second-order valence-electron chi connectivity index (χ2n) is 5.92. The number of hydrogen-bond acceptors (Lipinski definition) is 3. The molecule has 4 heteroatoms. The summed E-state index contributed by atoms with van der Waals surface area (Å²) in [4.78, 5) is 0. The van der Waals surface area contributed by atoms with Gasteiger partial charge in [-0.15, -0.1) is 0 Å². The lowest BCUT2D eigenvalue weighted by atomic mass is 9.80. The normalized spacial score (nSPS) is 32.8. The highest BCUT2D eigenvalue weighted by Gasteiger charge is 2.44. The maximum absolute atomic E-state index is 10.4. The molecule has 2 aliphatic heterocycles. The summed E-state index contributed by atoms with van der Waals surface area (Å²) in [5, 5.41) is 10.4. The molecule has 2 aliphatic rings. The van der Waals surface area contributed by atoms with Crippen molar-refractivity contribution in [2.75, 3.05) is 6.61 Å². The summed E-state index contributed by atoms with van der Waals surface area (Å²) in [6.45, 7) is 2.90. The minimum absolute atomic E-state index is 0.259. The largest absolute Gasteiger partial charge is 0.487 e. The first kappa shape index (κ1) is 14.4. The molecule has 1 aromatic rings. The van der Waals surface area contributed by atoms with Crippen molar-refractivity contribution in [2.24, 2.45) is 0 Å². The molecule has 20 heavy (non-hydrogen) atoms. The van der Waals surface area contributed by atoms with Crippen LogP contribution in [-0.4, -0.2) is 23.4 Å². The lowest BCUT2D eigenvalue weighted by Crippen LogP contribution is -2.48. The number of benzene rings is 1. The smallest absolute Gasteiger partial charge is 0.127 e. The Hall–Kier alpha value is -0.580. The monoisotopic (exact) mass is 340 g/mol. The summed E-state index contributed by atoms with van der Waals surface area (Å²) < 4.78 is 13.1. The van der Waals surface area contributed by atoms with E-state index in [2.05, 4.69) is 22.9 Å². The van der Waals surface area contributed by atoms with Crippen molar-refractivity contribution in [3.63, 3.8) is 0 Å². The minimum atomic E-state index is -0.438. The standard InChI is InChI=1S/C16H21BrO3/c1-2-3-12-9-16(6-7-19-12)10-14(18)13-5-4-11(17)8-15(13)20-16/h4-5,8,12,14,18H,2-3,6-7,9-10H2,1H3. The van der Waals surface area contributed by atoms with Gasteiger partial charge in [-0.25, -0.2) is 0 Å². The predicted octanol–water partition coefficient (Wildman–Crippen LogP) is 3.98. The molecule has 3 rings (SSSR count). The summed E-state index contributed by atoms with van der Waals surface area (Å²) in [5.74, 6) is 0.815. The molecule has 3 atom stereocenters. The molecule has 1 aromatic carbocycles. The maximum Gasteiger partial charge on any atom is 0.127 e. The fourth-order valence-corrected chi connectivity index (χ4v) is 3.72. The van der Waals surface area contributed by atoms with E-state index in [4.69, 9.17) is 9.47 Å². The van der Waals surface area contributed by atoms with E-state index in [1.165, 1.54) is 0 Å². The van der Waals surface area contributed by atoms with Crippen LogP contribution in [-0.2, 0) is 4.74 Å². The molecule has 3 unspecified atom stereocenters. The Balaban J connectivity index is 1.85. The van der Waals surface area contributed by atoms with E-state index >= 15 is 0 Å². The predicted molar refractivity (Wildman–Crippen MR) is 81.0 cm³/mol. The Bertz CT molecular complexity index is 489. The number of hydrogen-bond donors (Lipinski definition) is 1. The van der Waals surface area contributed by atoms with Crippen LogP contribution >= 0.6 is 15.9 Å². The summed E-state index contributed by atoms with van der Waals surface area (Å²) in [7, 11) is 0. The zero-order valence-electron chi connectivity index (χ0n) is 11.8. The van der Waals surface area contributed by atoms with E-state index in [0.717, 1.165) is 48.1 Å². The average molecular weight is 341 g/mol. The third kappa shape index (κ3) is 2.74. The van der Waals surface area contributed by atoms with Crippen LogP contribution in [0.5, 0.6) is 5.75 Å². The fraction of sp³-hybridized carbons (Fsp3) is 0.625. The molecule has 0 saturated carbocycles. The fourth-order valence-electron chi connectivity index (χ4n) is 3.38. The molecule has 0 bridgehead atoms. The van der Waals surface area contributed by atoms with Crippen LogP contribution in [0.3, 0.4) is 0 Å². The molecular weight excluding hydrogens is 320 g/mol. The van der Waals surface area contributed by atoms with Crippen LogP contribution in [0.15, 0.2) is 22.7 Å². The lowest BCUT2D eigenvalue weighted by Gasteiger charge is -2.45. The Morgan fingerprint density at radius 3 is 3.05 bits per heavy atom. The zero-order valence-corrected chi connectivity index (χ0v) is 13.4. The van der Waals surface area contributed by atoms with Crippen LogP contribution in [0.1, 0.15) is 50.7 Å². The van der Waals surface area contributed by atoms with Crippen LogP contribution in [0, 0.1) is 0 Å². The maximum atomic E-state index is 10.4. The highest BCUT2D eigenvalue weighted by Crippen LogP contribution is 2.46. The second kappa shape index (κ2) is 5.66. The van der Waals surface area contributed by atoms with Gasteiger partial charge in [0, 0.05) is 29.3 Å². The average Bonchev–Trinajstić information content (AvgIpc) is 2.38. The third-order valence-corrected chi connectivity index (χ3v) is 4.84. The van der Waals surface area contributed by atoms with Gasteiger partial charge in [-0.3, -0.25) is 0 Å². The van der Waals surface area contributed by atoms with Crippen LogP contribution in [0.4, 0.5) is 0 Å². The molecule has 0 radical (unpaired) electrons. The zero-order chi connectivity index (χ0) is 14.2. The van der Waals surface area contributed by atoms with Crippen molar-refractivity contribution in [2.45, 2.75) is 56.8 Å². The first-order chi connectivity index (χ1) is 9.62. The topological polar surface area (TPSA) is 38.7 Å². The van der Waals surface area contributed by atoms with Crippen molar-refractivity contribution >= 4 is 15.9 Å². The number of aliphatic hydroxyl groups is 1. The van der Waals surface area contributed by atoms with Crippen LogP contribution in [0.25, 0.3) is 0 Å². The highest BCUT2D eigenvalue weighted by atomic mass is 79.9. The van der Waals surface area contributed by atoms with Gasteiger partial charge in [0.05, 0.1) is 18.8 Å². The Morgan fingerprint density at radius 1 is 1.40 bits per heavy atom. The van der Waals surface area contributed by atoms with E-state index in [9.17, 15) is 5.11 Å². The lowest BCUT2D eigenvalue weighted by molar-refractivity contribution is -0.118. The highest BCUT2D eigenvalue weighted by molar-refractivity contribution is 9.10. The van der Waals surface area contributed by atoms with Gasteiger partial charge in [-0.05, 0) is 18.6 Å². The first-order valence-corrected chi connectivity index (χ1v) is 8.19. The van der Waals surface area contributed by atoms with E-state index in [-0.39, 0.29) is 11.7 Å². The van der Waals surface area contributed by atoms with Gasteiger partial charge in [0.2, 0.25) is 0 Å². The molecule has 1 saturated heterocycles. The molecule has 0 aliphatic carbocycles.